The molecule has 6 heteroatoms. The highest BCUT2D eigenvalue weighted by Gasteiger charge is 2.45. The third kappa shape index (κ3) is 5.10. The first-order chi connectivity index (χ1) is 14.3. The second kappa shape index (κ2) is 9.75. The third-order valence-electron chi connectivity index (χ3n) is 5.91. The van der Waals surface area contributed by atoms with Gasteiger partial charge < -0.3 is 15.0 Å². The lowest BCUT2D eigenvalue weighted by Gasteiger charge is -2.38. The summed E-state index contributed by atoms with van der Waals surface area (Å²) in [6.07, 6.45) is 5.55. The molecule has 3 atom stereocenters. The quantitative estimate of drug-likeness (QED) is 0.677. The molecule has 1 aliphatic rings. The van der Waals surface area contributed by atoms with Gasteiger partial charge in [-0.05, 0) is 32.8 Å². The maximum Gasteiger partial charge on any atom is 0.223 e. The van der Waals surface area contributed by atoms with Crippen molar-refractivity contribution in [2.75, 3.05) is 20.3 Å². The number of rotatable bonds is 9. The normalized spacial score (nSPS) is 20.7. The molecular weight excluding hydrogens is 376 g/mol. The second-order valence-corrected chi connectivity index (χ2v) is 9.15. The van der Waals surface area contributed by atoms with Crippen LogP contribution in [0.1, 0.15) is 63.7 Å². The highest BCUT2D eigenvalue weighted by Crippen LogP contribution is 2.42. The average molecular weight is 413 g/mol. The molecule has 0 spiro atoms. The molecule has 3 rings (SSSR count). The maximum absolute atomic E-state index is 13.0. The highest BCUT2D eigenvalue weighted by atomic mass is 16.5. The number of likely N-dealkylation sites (tertiary alicyclic amines) is 1. The van der Waals surface area contributed by atoms with Crippen LogP contribution in [-0.4, -0.2) is 46.4 Å². The second-order valence-electron chi connectivity index (χ2n) is 9.15. The van der Waals surface area contributed by atoms with Gasteiger partial charge in [0, 0.05) is 49.3 Å². The summed E-state index contributed by atoms with van der Waals surface area (Å²) in [6.45, 7) is 10.7. The molecule has 2 heterocycles. The van der Waals surface area contributed by atoms with Crippen molar-refractivity contribution in [3.8, 4) is 0 Å². The van der Waals surface area contributed by atoms with Crippen molar-refractivity contribution in [2.24, 2.45) is 5.92 Å². The van der Waals surface area contributed by atoms with E-state index in [0.29, 0.717) is 19.6 Å². The van der Waals surface area contributed by atoms with Crippen molar-refractivity contribution < 1.29 is 9.53 Å². The van der Waals surface area contributed by atoms with Gasteiger partial charge in [-0.3, -0.25) is 9.48 Å². The van der Waals surface area contributed by atoms with Crippen LogP contribution < -0.4 is 5.32 Å². The van der Waals surface area contributed by atoms with Gasteiger partial charge in [-0.2, -0.15) is 5.10 Å². The van der Waals surface area contributed by atoms with E-state index < -0.39 is 0 Å². The Kier molecular flexibility index (Phi) is 7.32. The van der Waals surface area contributed by atoms with E-state index in [0.717, 1.165) is 18.5 Å². The fourth-order valence-corrected chi connectivity index (χ4v) is 4.51. The van der Waals surface area contributed by atoms with Crippen LogP contribution in [0.3, 0.4) is 0 Å². The SMILES string of the molecule is CC[C@@H](NC[C@@H]1CC(=O)N(C(C)(C)C)[C@H]1c1cnn(CCOC)c1)c1ccccc1. The van der Waals surface area contributed by atoms with Gasteiger partial charge in [0.15, 0.2) is 0 Å². The summed E-state index contributed by atoms with van der Waals surface area (Å²) < 4.78 is 7.09. The zero-order chi connectivity index (χ0) is 21.7. The number of methoxy groups -OCH3 is 1. The van der Waals surface area contributed by atoms with Crippen molar-refractivity contribution in [1.82, 2.24) is 20.0 Å². The van der Waals surface area contributed by atoms with Crippen LogP contribution in [0, 0.1) is 5.92 Å². The first-order valence-electron chi connectivity index (χ1n) is 11.0. The number of ether oxygens (including phenoxy) is 1. The van der Waals surface area contributed by atoms with E-state index >= 15 is 0 Å². The molecule has 1 fully saturated rings. The number of benzene rings is 1. The number of carbonyl (C=O) groups is 1. The zero-order valence-corrected chi connectivity index (χ0v) is 19.0. The Morgan fingerprint density at radius 2 is 2.00 bits per heavy atom. The predicted octanol–water partition coefficient (Wildman–Crippen LogP) is 3.96. The van der Waals surface area contributed by atoms with Crippen LogP contribution in [0.5, 0.6) is 0 Å². The maximum atomic E-state index is 13.0. The lowest BCUT2D eigenvalue weighted by Crippen LogP contribution is -2.44. The Morgan fingerprint density at radius 1 is 1.27 bits per heavy atom. The average Bonchev–Trinajstić information content (AvgIpc) is 3.31. The Balaban J connectivity index is 1.81. The molecular formula is C24H36N4O2. The molecule has 6 nitrogen and oxygen atoms in total. The molecule has 0 unspecified atom stereocenters. The third-order valence-corrected chi connectivity index (χ3v) is 5.91. The van der Waals surface area contributed by atoms with Crippen molar-refractivity contribution in [3.05, 3.63) is 53.9 Å². The smallest absolute Gasteiger partial charge is 0.223 e. The number of nitrogens with zero attached hydrogens (tertiary/aromatic N) is 3. The van der Waals surface area contributed by atoms with Crippen molar-refractivity contribution in [3.63, 3.8) is 0 Å². The minimum atomic E-state index is -0.241. The van der Waals surface area contributed by atoms with E-state index in [1.165, 1.54) is 5.56 Å². The fraction of sp³-hybridized carbons (Fsp3) is 0.583. The molecule has 1 N–H and O–H groups in total. The number of aromatic nitrogens is 2. The van der Waals surface area contributed by atoms with Gasteiger partial charge >= 0.3 is 0 Å². The molecule has 30 heavy (non-hydrogen) atoms. The Bertz CT molecular complexity index is 812. The van der Waals surface area contributed by atoms with Crippen LogP contribution in [-0.2, 0) is 16.1 Å². The van der Waals surface area contributed by atoms with Crippen LogP contribution in [0.25, 0.3) is 0 Å². The van der Waals surface area contributed by atoms with Gasteiger partial charge in [0.25, 0.3) is 0 Å². The molecule has 0 saturated carbocycles. The molecule has 1 aromatic carbocycles. The summed E-state index contributed by atoms with van der Waals surface area (Å²) in [4.78, 5) is 15.1. The first-order valence-corrected chi connectivity index (χ1v) is 11.0. The van der Waals surface area contributed by atoms with E-state index in [9.17, 15) is 4.79 Å². The largest absolute Gasteiger partial charge is 0.383 e. The summed E-state index contributed by atoms with van der Waals surface area (Å²) >= 11 is 0. The van der Waals surface area contributed by atoms with Crippen molar-refractivity contribution in [2.45, 2.75) is 64.7 Å². The molecule has 1 amide bonds. The van der Waals surface area contributed by atoms with Gasteiger partial charge in [0.05, 0.1) is 25.4 Å². The molecule has 2 aromatic rings. The van der Waals surface area contributed by atoms with Crippen LogP contribution in [0.4, 0.5) is 0 Å². The highest BCUT2D eigenvalue weighted by molar-refractivity contribution is 5.80. The van der Waals surface area contributed by atoms with E-state index in [-0.39, 0.29) is 29.4 Å². The van der Waals surface area contributed by atoms with Crippen molar-refractivity contribution >= 4 is 5.91 Å². The fourth-order valence-electron chi connectivity index (χ4n) is 4.51. The molecule has 0 aliphatic carbocycles. The molecule has 0 radical (unpaired) electrons. The zero-order valence-electron chi connectivity index (χ0n) is 19.0. The monoisotopic (exact) mass is 412 g/mol. The Labute approximate surface area is 180 Å². The minimum Gasteiger partial charge on any atom is -0.383 e. The molecule has 0 bridgehead atoms. The number of hydrogen-bond donors (Lipinski definition) is 1. The summed E-state index contributed by atoms with van der Waals surface area (Å²) in [5, 5.41) is 8.25. The number of nitrogens with one attached hydrogen (secondary N) is 1. The molecule has 164 valence electrons. The summed E-state index contributed by atoms with van der Waals surface area (Å²) in [5.41, 5.74) is 2.15. The molecule has 1 aliphatic heterocycles. The van der Waals surface area contributed by atoms with Gasteiger partial charge in [0.2, 0.25) is 5.91 Å². The first kappa shape index (κ1) is 22.5. The minimum absolute atomic E-state index is 0.0228. The van der Waals surface area contributed by atoms with Crippen LogP contribution in [0.2, 0.25) is 0 Å². The van der Waals surface area contributed by atoms with Crippen LogP contribution in [0.15, 0.2) is 42.7 Å². The van der Waals surface area contributed by atoms with E-state index in [2.05, 4.69) is 73.5 Å². The van der Waals surface area contributed by atoms with E-state index in [4.69, 9.17) is 4.74 Å². The number of amides is 1. The predicted molar refractivity (Wildman–Crippen MR) is 119 cm³/mol. The van der Waals surface area contributed by atoms with Gasteiger partial charge in [-0.15, -0.1) is 0 Å². The molecule has 1 saturated heterocycles. The van der Waals surface area contributed by atoms with Gasteiger partial charge in [0.1, 0.15) is 0 Å². The summed E-state index contributed by atoms with van der Waals surface area (Å²) in [7, 11) is 1.69. The van der Waals surface area contributed by atoms with Crippen LogP contribution >= 0.6 is 0 Å². The summed E-state index contributed by atoms with van der Waals surface area (Å²) in [5.74, 6) is 0.422. The van der Waals surface area contributed by atoms with Gasteiger partial charge in [-0.1, -0.05) is 37.3 Å². The lowest BCUT2D eigenvalue weighted by atomic mass is 9.92. The lowest BCUT2D eigenvalue weighted by molar-refractivity contribution is -0.133. The van der Waals surface area contributed by atoms with Crippen molar-refractivity contribution in [1.29, 1.82) is 0 Å². The Morgan fingerprint density at radius 3 is 2.63 bits per heavy atom. The number of hydrogen-bond acceptors (Lipinski definition) is 4. The Hall–Kier alpha value is -2.18. The number of carbonyl (C=O) groups excluding carboxylic acids is 1. The summed E-state index contributed by atoms with van der Waals surface area (Å²) in [6, 6.07) is 10.8. The van der Waals surface area contributed by atoms with E-state index in [1.54, 1.807) is 7.11 Å². The van der Waals surface area contributed by atoms with Gasteiger partial charge in [-0.25, -0.2) is 0 Å². The topological polar surface area (TPSA) is 59.4 Å². The standard InChI is InChI=1S/C24H36N4O2/c1-6-21(18-10-8-7-9-11-18)25-15-19-14-22(29)28(24(2,3)4)23(19)20-16-26-27(17-20)12-13-30-5/h7-11,16-17,19,21,23,25H,6,12-15H2,1-5H3/t19-,21+,23+/m0/s1. The van der Waals surface area contributed by atoms with E-state index in [1.807, 2.05) is 16.9 Å². The molecule has 1 aromatic heterocycles.